The van der Waals surface area contributed by atoms with Crippen LogP contribution in [-0.2, 0) is 0 Å². The summed E-state index contributed by atoms with van der Waals surface area (Å²) in [4.78, 5) is 4.29. The van der Waals surface area contributed by atoms with Gasteiger partial charge >= 0.3 is 0 Å². The second kappa shape index (κ2) is 5.44. The Hall–Kier alpha value is -2.48. The molecule has 1 heterocycles. The Morgan fingerprint density at radius 2 is 2.11 bits per heavy atom. The van der Waals surface area contributed by atoms with Crippen LogP contribution in [0.3, 0.4) is 0 Å². The second-order valence-corrected chi connectivity index (χ2v) is 3.91. The zero-order valence-electron chi connectivity index (χ0n) is 11.2. The van der Waals surface area contributed by atoms with Gasteiger partial charge in [0.05, 0.1) is 36.4 Å². The third kappa shape index (κ3) is 2.25. The highest BCUT2D eigenvalue weighted by atomic mass is 16.5. The summed E-state index contributed by atoms with van der Waals surface area (Å²) in [5.74, 6) is 1.30. The van der Waals surface area contributed by atoms with Gasteiger partial charge in [0.1, 0.15) is 17.6 Å². The lowest BCUT2D eigenvalue weighted by Gasteiger charge is -2.14. The van der Waals surface area contributed by atoms with Crippen LogP contribution >= 0.6 is 0 Å². The maximum Gasteiger partial charge on any atom is 0.134 e. The van der Waals surface area contributed by atoms with E-state index in [2.05, 4.69) is 16.4 Å². The van der Waals surface area contributed by atoms with Gasteiger partial charge in [0, 0.05) is 24.9 Å². The van der Waals surface area contributed by atoms with Crippen LogP contribution in [0.5, 0.6) is 11.5 Å². The average molecular weight is 257 g/mol. The van der Waals surface area contributed by atoms with Crippen LogP contribution < -0.4 is 14.8 Å². The first-order valence-electron chi connectivity index (χ1n) is 5.93. The lowest BCUT2D eigenvalue weighted by atomic mass is 10.1. The molecule has 0 bridgehead atoms. The summed E-state index contributed by atoms with van der Waals surface area (Å²) in [6, 6.07) is 5.74. The van der Waals surface area contributed by atoms with E-state index >= 15 is 0 Å². The zero-order chi connectivity index (χ0) is 13.8. The SMILES string of the molecule is CCNc1c(C#N)cnc2cc(OC)cc(OC)c12. The van der Waals surface area contributed by atoms with Gasteiger partial charge < -0.3 is 14.8 Å². The number of fused-ring (bicyclic) bond motifs is 1. The maximum atomic E-state index is 9.17. The summed E-state index contributed by atoms with van der Waals surface area (Å²) in [7, 11) is 3.18. The number of nitrogens with zero attached hydrogens (tertiary/aromatic N) is 2. The number of aromatic nitrogens is 1. The number of benzene rings is 1. The summed E-state index contributed by atoms with van der Waals surface area (Å²) < 4.78 is 10.6. The number of rotatable bonds is 4. The Kier molecular flexibility index (Phi) is 3.71. The summed E-state index contributed by atoms with van der Waals surface area (Å²) in [6.07, 6.45) is 1.55. The van der Waals surface area contributed by atoms with E-state index in [-0.39, 0.29) is 0 Å². The topological polar surface area (TPSA) is 67.2 Å². The predicted octanol–water partition coefficient (Wildman–Crippen LogP) is 2.56. The van der Waals surface area contributed by atoms with Gasteiger partial charge in [0.25, 0.3) is 0 Å². The van der Waals surface area contributed by atoms with Gasteiger partial charge in [-0.15, -0.1) is 0 Å². The van der Waals surface area contributed by atoms with Gasteiger partial charge in [-0.1, -0.05) is 0 Å². The molecule has 1 aromatic heterocycles. The third-order valence-corrected chi connectivity index (χ3v) is 2.84. The minimum absolute atomic E-state index is 0.498. The van der Waals surface area contributed by atoms with Gasteiger partial charge in [-0.05, 0) is 6.92 Å². The molecule has 0 aliphatic rings. The maximum absolute atomic E-state index is 9.17. The largest absolute Gasteiger partial charge is 0.497 e. The van der Waals surface area contributed by atoms with Gasteiger partial charge in [0.2, 0.25) is 0 Å². The smallest absolute Gasteiger partial charge is 0.134 e. The first kappa shape index (κ1) is 13.0. The summed E-state index contributed by atoms with van der Waals surface area (Å²) >= 11 is 0. The Morgan fingerprint density at radius 3 is 2.68 bits per heavy atom. The van der Waals surface area contributed by atoms with Crippen LogP contribution in [0.2, 0.25) is 0 Å². The van der Waals surface area contributed by atoms with E-state index < -0.39 is 0 Å². The molecule has 98 valence electrons. The number of hydrogen-bond acceptors (Lipinski definition) is 5. The van der Waals surface area contributed by atoms with Crippen molar-refractivity contribution >= 4 is 16.6 Å². The first-order valence-corrected chi connectivity index (χ1v) is 5.93. The van der Waals surface area contributed by atoms with Crippen molar-refractivity contribution in [2.75, 3.05) is 26.1 Å². The van der Waals surface area contributed by atoms with E-state index in [1.54, 1.807) is 26.5 Å². The van der Waals surface area contributed by atoms with Crippen molar-refractivity contribution in [1.82, 2.24) is 4.98 Å². The molecule has 19 heavy (non-hydrogen) atoms. The van der Waals surface area contributed by atoms with Crippen molar-refractivity contribution in [3.8, 4) is 17.6 Å². The zero-order valence-corrected chi connectivity index (χ0v) is 11.2. The lowest BCUT2D eigenvalue weighted by molar-refractivity contribution is 0.398. The molecule has 0 unspecified atom stereocenters. The van der Waals surface area contributed by atoms with Crippen molar-refractivity contribution in [1.29, 1.82) is 5.26 Å². The number of ether oxygens (including phenoxy) is 2. The van der Waals surface area contributed by atoms with Crippen LogP contribution in [0.1, 0.15) is 12.5 Å². The Bertz CT molecular complexity index is 647. The number of pyridine rings is 1. The van der Waals surface area contributed by atoms with Crippen LogP contribution in [0.25, 0.3) is 10.9 Å². The normalized spacial score (nSPS) is 10.0. The molecule has 0 saturated heterocycles. The fourth-order valence-electron chi connectivity index (χ4n) is 1.99. The number of hydrogen-bond donors (Lipinski definition) is 1. The number of methoxy groups -OCH3 is 2. The van der Waals surface area contributed by atoms with Crippen molar-refractivity contribution in [3.63, 3.8) is 0 Å². The van der Waals surface area contributed by atoms with E-state index in [4.69, 9.17) is 9.47 Å². The van der Waals surface area contributed by atoms with Crippen molar-refractivity contribution in [3.05, 3.63) is 23.9 Å². The standard InChI is InChI=1S/C14H15N3O2/c1-4-16-14-9(7-15)8-17-11-5-10(18-2)6-12(19-3)13(11)14/h5-6,8H,4H2,1-3H3,(H,16,17). The summed E-state index contributed by atoms with van der Waals surface area (Å²) in [6.45, 7) is 2.69. The highest BCUT2D eigenvalue weighted by Gasteiger charge is 2.14. The number of nitrogens with one attached hydrogen (secondary N) is 1. The molecule has 5 heteroatoms. The van der Waals surface area contributed by atoms with E-state index in [1.807, 2.05) is 13.0 Å². The average Bonchev–Trinajstić information content (AvgIpc) is 2.46. The molecule has 0 fully saturated rings. The molecule has 5 nitrogen and oxygen atoms in total. The van der Waals surface area contributed by atoms with Gasteiger partial charge in [-0.2, -0.15) is 5.26 Å². The van der Waals surface area contributed by atoms with Crippen LogP contribution in [-0.4, -0.2) is 25.7 Å². The fraction of sp³-hybridized carbons (Fsp3) is 0.286. The molecular weight excluding hydrogens is 242 g/mol. The first-order chi connectivity index (χ1) is 9.24. The molecule has 0 atom stereocenters. The van der Waals surface area contributed by atoms with Crippen molar-refractivity contribution < 1.29 is 9.47 Å². The van der Waals surface area contributed by atoms with E-state index in [1.165, 1.54) is 0 Å². The Morgan fingerprint density at radius 1 is 1.32 bits per heavy atom. The minimum atomic E-state index is 0.498. The molecule has 0 radical (unpaired) electrons. The molecule has 1 aromatic carbocycles. The molecule has 2 rings (SSSR count). The van der Waals surface area contributed by atoms with Crippen LogP contribution in [0.15, 0.2) is 18.3 Å². The van der Waals surface area contributed by atoms with E-state index in [0.717, 1.165) is 16.6 Å². The molecule has 0 aliphatic carbocycles. The van der Waals surface area contributed by atoms with Crippen LogP contribution in [0, 0.1) is 11.3 Å². The minimum Gasteiger partial charge on any atom is -0.497 e. The van der Waals surface area contributed by atoms with Crippen LogP contribution in [0.4, 0.5) is 5.69 Å². The lowest BCUT2D eigenvalue weighted by Crippen LogP contribution is -2.02. The van der Waals surface area contributed by atoms with Gasteiger partial charge in [-0.3, -0.25) is 4.98 Å². The predicted molar refractivity (Wildman–Crippen MR) is 73.7 cm³/mol. The monoisotopic (exact) mass is 257 g/mol. The van der Waals surface area contributed by atoms with Crippen molar-refractivity contribution in [2.24, 2.45) is 0 Å². The van der Waals surface area contributed by atoms with E-state index in [9.17, 15) is 5.26 Å². The molecule has 0 saturated carbocycles. The van der Waals surface area contributed by atoms with E-state index in [0.29, 0.717) is 23.6 Å². The molecular formula is C14H15N3O2. The molecule has 0 aliphatic heterocycles. The summed E-state index contributed by atoms with van der Waals surface area (Å²) in [5, 5.41) is 13.2. The third-order valence-electron chi connectivity index (χ3n) is 2.84. The molecule has 2 aromatic rings. The Labute approximate surface area is 111 Å². The quantitative estimate of drug-likeness (QED) is 0.911. The van der Waals surface area contributed by atoms with Gasteiger partial charge in [-0.25, -0.2) is 0 Å². The highest BCUT2D eigenvalue weighted by molar-refractivity contribution is 5.99. The van der Waals surface area contributed by atoms with Crippen molar-refractivity contribution in [2.45, 2.75) is 6.92 Å². The number of anilines is 1. The van der Waals surface area contributed by atoms with Gasteiger partial charge in [0.15, 0.2) is 0 Å². The highest BCUT2D eigenvalue weighted by Crippen LogP contribution is 2.36. The fourth-order valence-corrected chi connectivity index (χ4v) is 1.99. The second-order valence-electron chi connectivity index (χ2n) is 3.91. The summed E-state index contributed by atoms with van der Waals surface area (Å²) in [5.41, 5.74) is 1.97. The number of nitriles is 1. The molecule has 0 amide bonds. The molecule has 0 spiro atoms. The Balaban J connectivity index is 2.82. The molecule has 1 N–H and O–H groups in total.